The van der Waals surface area contributed by atoms with Gasteiger partial charge in [-0.15, -0.1) is 0 Å². The number of carbonyl (C=O) groups is 3. The quantitative estimate of drug-likeness (QED) is 0.676. The van der Waals surface area contributed by atoms with Crippen molar-refractivity contribution in [3.63, 3.8) is 0 Å². The molecule has 0 saturated carbocycles. The molecule has 4 rings (SSSR count). The lowest BCUT2D eigenvalue weighted by Crippen LogP contribution is -2.41. The van der Waals surface area contributed by atoms with Crippen LogP contribution in [0.15, 0.2) is 47.1 Å². The molecule has 9 heteroatoms. The van der Waals surface area contributed by atoms with Crippen molar-refractivity contribution in [3.05, 3.63) is 47.1 Å². The highest BCUT2D eigenvalue weighted by molar-refractivity contribution is 9.10. The van der Waals surface area contributed by atoms with Crippen LogP contribution in [0.4, 0.5) is 17.2 Å². The van der Waals surface area contributed by atoms with Crippen LogP contribution in [0.5, 0.6) is 0 Å². The van der Waals surface area contributed by atoms with E-state index in [1.165, 1.54) is 0 Å². The third-order valence-corrected chi connectivity index (χ3v) is 6.27. The Morgan fingerprint density at radius 3 is 2.71 bits per heavy atom. The largest absolute Gasteiger partial charge is 0.369 e. The smallest absolute Gasteiger partial charge is 0.229 e. The average Bonchev–Trinajstić information content (AvgIpc) is 3.16. The Bertz CT molecular complexity index is 997. The predicted molar refractivity (Wildman–Crippen MR) is 122 cm³/mol. The average molecular weight is 486 g/mol. The normalized spacial score (nSPS) is 21.3. The highest BCUT2D eigenvalue weighted by Gasteiger charge is 2.35. The molecule has 3 N–H and O–H groups in total. The maximum Gasteiger partial charge on any atom is 0.229 e. The van der Waals surface area contributed by atoms with Gasteiger partial charge in [-0.1, -0.05) is 22.0 Å². The van der Waals surface area contributed by atoms with Crippen molar-refractivity contribution in [2.45, 2.75) is 19.3 Å². The molecule has 3 amide bonds. The number of rotatable bonds is 5. The van der Waals surface area contributed by atoms with E-state index in [-0.39, 0.29) is 30.1 Å². The van der Waals surface area contributed by atoms with E-state index in [1.54, 1.807) is 17.2 Å². The Hall–Kier alpha value is -2.94. The van der Waals surface area contributed by atoms with Gasteiger partial charge in [0.1, 0.15) is 5.82 Å². The lowest BCUT2D eigenvalue weighted by molar-refractivity contribution is -0.122. The molecule has 2 fully saturated rings. The number of hydrogen-bond donors (Lipinski definition) is 2. The number of hydrogen-bond acceptors (Lipinski definition) is 5. The van der Waals surface area contributed by atoms with Crippen molar-refractivity contribution in [2.75, 3.05) is 34.8 Å². The maximum atomic E-state index is 12.7. The number of pyridine rings is 1. The van der Waals surface area contributed by atoms with Gasteiger partial charge in [0.05, 0.1) is 23.7 Å². The number of carbonyl (C=O) groups excluding carboxylic acids is 3. The molecule has 31 heavy (non-hydrogen) atoms. The van der Waals surface area contributed by atoms with Crippen molar-refractivity contribution < 1.29 is 14.4 Å². The molecule has 0 radical (unpaired) electrons. The molecule has 0 bridgehead atoms. The second-order valence-corrected chi connectivity index (χ2v) is 8.88. The fourth-order valence-corrected chi connectivity index (χ4v) is 4.47. The van der Waals surface area contributed by atoms with Crippen molar-refractivity contribution in [3.8, 4) is 0 Å². The third kappa shape index (κ3) is 4.87. The number of halogens is 1. The summed E-state index contributed by atoms with van der Waals surface area (Å²) in [5, 5.41) is 2.86. The zero-order chi connectivity index (χ0) is 22.0. The first kappa shape index (κ1) is 21.3. The molecule has 2 atom stereocenters. The van der Waals surface area contributed by atoms with Crippen LogP contribution in [-0.4, -0.2) is 42.3 Å². The second-order valence-electron chi connectivity index (χ2n) is 7.97. The van der Waals surface area contributed by atoms with Crippen LogP contribution >= 0.6 is 15.9 Å². The van der Waals surface area contributed by atoms with Gasteiger partial charge in [-0.05, 0) is 43.2 Å². The molecular weight excluding hydrogens is 462 g/mol. The van der Waals surface area contributed by atoms with E-state index in [9.17, 15) is 14.4 Å². The first-order valence-electron chi connectivity index (χ1n) is 10.3. The fourth-order valence-electron chi connectivity index (χ4n) is 4.09. The van der Waals surface area contributed by atoms with E-state index in [1.807, 2.05) is 35.2 Å². The summed E-state index contributed by atoms with van der Waals surface area (Å²) < 4.78 is 0.882. The summed E-state index contributed by atoms with van der Waals surface area (Å²) in [5.74, 6) is -0.391. The van der Waals surface area contributed by atoms with Gasteiger partial charge >= 0.3 is 0 Å². The van der Waals surface area contributed by atoms with Gasteiger partial charge in [0, 0.05) is 36.2 Å². The monoisotopic (exact) mass is 485 g/mol. The van der Waals surface area contributed by atoms with E-state index in [4.69, 9.17) is 5.73 Å². The number of piperidine rings is 1. The van der Waals surface area contributed by atoms with E-state index >= 15 is 0 Å². The molecule has 3 heterocycles. The van der Waals surface area contributed by atoms with Gasteiger partial charge < -0.3 is 20.9 Å². The van der Waals surface area contributed by atoms with Crippen molar-refractivity contribution in [2.24, 2.45) is 17.6 Å². The van der Waals surface area contributed by atoms with Crippen LogP contribution in [0.3, 0.4) is 0 Å². The van der Waals surface area contributed by atoms with Crippen LogP contribution in [-0.2, 0) is 14.4 Å². The molecule has 2 saturated heterocycles. The summed E-state index contributed by atoms with van der Waals surface area (Å²) in [4.78, 5) is 44.7. The van der Waals surface area contributed by atoms with Gasteiger partial charge in [0.25, 0.3) is 0 Å². The van der Waals surface area contributed by atoms with Crippen molar-refractivity contribution >= 4 is 50.8 Å². The molecule has 2 aliphatic rings. The van der Waals surface area contributed by atoms with Crippen LogP contribution in [0.2, 0.25) is 0 Å². The number of nitrogens with zero attached hydrogens (tertiary/aromatic N) is 3. The zero-order valence-electron chi connectivity index (χ0n) is 17.0. The van der Waals surface area contributed by atoms with E-state index in [2.05, 4.69) is 26.2 Å². The minimum absolute atomic E-state index is 0.0687. The summed E-state index contributed by atoms with van der Waals surface area (Å²) in [7, 11) is 0. The number of benzene rings is 1. The molecular formula is C22H24BrN5O3. The van der Waals surface area contributed by atoms with Crippen LogP contribution in [0, 0.1) is 11.8 Å². The Balaban J connectivity index is 1.37. The number of aromatic nitrogens is 1. The van der Waals surface area contributed by atoms with Gasteiger partial charge in [-0.3, -0.25) is 14.4 Å². The van der Waals surface area contributed by atoms with Gasteiger partial charge in [-0.25, -0.2) is 4.98 Å². The topological polar surface area (TPSA) is 109 Å². The van der Waals surface area contributed by atoms with E-state index in [0.29, 0.717) is 18.8 Å². The SMILES string of the molecule is NC(=O)C1CCCN(c2ccc(NC(=O)C3CC(=O)N(c4cccc(Br)c4)C3)cn2)C1. The molecule has 2 unspecified atom stereocenters. The molecule has 2 aliphatic heterocycles. The van der Waals surface area contributed by atoms with Crippen LogP contribution in [0.25, 0.3) is 0 Å². The van der Waals surface area contributed by atoms with Gasteiger partial charge in [-0.2, -0.15) is 0 Å². The summed E-state index contributed by atoms with van der Waals surface area (Å²) in [6.45, 7) is 1.72. The molecule has 162 valence electrons. The van der Waals surface area contributed by atoms with Crippen molar-refractivity contribution in [1.82, 2.24) is 4.98 Å². The Morgan fingerprint density at radius 1 is 1.16 bits per heavy atom. The minimum atomic E-state index is -0.426. The molecule has 0 aliphatic carbocycles. The highest BCUT2D eigenvalue weighted by Crippen LogP contribution is 2.28. The second kappa shape index (κ2) is 9.05. The van der Waals surface area contributed by atoms with Crippen LogP contribution < -0.4 is 20.9 Å². The van der Waals surface area contributed by atoms with Gasteiger partial charge in [0.15, 0.2) is 0 Å². The van der Waals surface area contributed by atoms with E-state index in [0.717, 1.165) is 35.4 Å². The first-order chi connectivity index (χ1) is 14.9. The predicted octanol–water partition coefficient (Wildman–Crippen LogP) is 2.54. The molecule has 0 spiro atoms. The summed E-state index contributed by atoms with van der Waals surface area (Å²) in [6, 6.07) is 11.1. The minimum Gasteiger partial charge on any atom is -0.369 e. The Morgan fingerprint density at radius 2 is 2.00 bits per heavy atom. The standard InChI is InChI=1S/C22H24BrN5O3/c23-16-4-1-5-18(10-16)28-13-15(9-20(28)29)22(31)26-17-6-7-19(25-11-17)27-8-2-3-14(12-27)21(24)30/h1,4-7,10-11,14-15H,2-3,8-9,12-13H2,(H2,24,30)(H,26,31). The molecule has 2 aromatic rings. The fraction of sp³-hybridized carbons (Fsp3) is 0.364. The number of amides is 3. The van der Waals surface area contributed by atoms with E-state index < -0.39 is 5.92 Å². The molecule has 1 aromatic heterocycles. The molecule has 1 aromatic carbocycles. The van der Waals surface area contributed by atoms with Crippen LogP contribution in [0.1, 0.15) is 19.3 Å². The maximum absolute atomic E-state index is 12.7. The zero-order valence-corrected chi connectivity index (χ0v) is 18.5. The number of nitrogens with two attached hydrogens (primary N) is 1. The summed E-state index contributed by atoms with van der Waals surface area (Å²) in [6.07, 6.45) is 3.46. The molecule has 8 nitrogen and oxygen atoms in total. The number of anilines is 3. The lowest BCUT2D eigenvalue weighted by Gasteiger charge is -2.32. The first-order valence-corrected chi connectivity index (χ1v) is 11.1. The number of nitrogens with one attached hydrogen (secondary N) is 1. The Labute approximate surface area is 188 Å². The summed E-state index contributed by atoms with van der Waals surface area (Å²) >= 11 is 3.41. The number of primary amides is 1. The third-order valence-electron chi connectivity index (χ3n) is 5.78. The van der Waals surface area contributed by atoms with Crippen molar-refractivity contribution in [1.29, 1.82) is 0 Å². The summed E-state index contributed by atoms with van der Waals surface area (Å²) in [5.41, 5.74) is 6.80. The Kier molecular flexibility index (Phi) is 6.22. The van der Waals surface area contributed by atoms with Gasteiger partial charge in [0.2, 0.25) is 17.7 Å². The lowest BCUT2D eigenvalue weighted by atomic mass is 9.97. The highest BCUT2D eigenvalue weighted by atomic mass is 79.9.